The van der Waals surface area contributed by atoms with Gasteiger partial charge in [-0.3, -0.25) is 10.2 Å². The Morgan fingerprint density at radius 3 is 2.77 bits per heavy atom. The number of para-hydroxylation sites is 2. The number of hydrogen-bond donors (Lipinski definition) is 1. The summed E-state index contributed by atoms with van der Waals surface area (Å²) < 4.78 is 12.6. The zero-order valence-corrected chi connectivity index (χ0v) is 15.0. The summed E-state index contributed by atoms with van der Waals surface area (Å²) in [5.41, 5.74) is 5.27. The Hall–Kier alpha value is -3.28. The summed E-state index contributed by atoms with van der Waals surface area (Å²) in [4.78, 5) is 16.4. The van der Waals surface area contributed by atoms with Gasteiger partial charge < -0.3 is 9.47 Å². The second kappa shape index (κ2) is 7.74. The van der Waals surface area contributed by atoms with Gasteiger partial charge in [0, 0.05) is 6.08 Å². The van der Waals surface area contributed by atoms with E-state index < -0.39 is 0 Å². The maximum atomic E-state index is 12.2. The van der Waals surface area contributed by atoms with E-state index in [0.29, 0.717) is 11.5 Å². The van der Waals surface area contributed by atoms with Crippen LogP contribution in [0.25, 0.3) is 17.1 Å². The maximum Gasteiger partial charge on any atom is 0.262 e. The fourth-order valence-corrected chi connectivity index (χ4v) is 2.52. The third kappa shape index (κ3) is 4.03. The molecular formula is C20H21N3O3. The Balaban J connectivity index is 1.71. The van der Waals surface area contributed by atoms with E-state index in [2.05, 4.69) is 10.4 Å². The molecule has 134 valence electrons. The predicted octanol–water partition coefficient (Wildman–Crippen LogP) is 3.62. The summed E-state index contributed by atoms with van der Waals surface area (Å²) in [5.74, 6) is 1.05. The molecule has 0 aliphatic rings. The molecule has 0 atom stereocenters. The molecule has 1 amide bonds. The van der Waals surface area contributed by atoms with Crippen LogP contribution in [0.1, 0.15) is 19.4 Å². The first-order valence-electron chi connectivity index (χ1n) is 8.32. The van der Waals surface area contributed by atoms with E-state index in [1.807, 2.05) is 56.3 Å². The molecule has 1 aromatic heterocycles. The number of rotatable bonds is 6. The molecule has 0 aliphatic heterocycles. The number of aromatic nitrogens is 2. The molecule has 0 saturated heterocycles. The lowest BCUT2D eigenvalue weighted by Crippen LogP contribution is -2.19. The van der Waals surface area contributed by atoms with Crippen molar-refractivity contribution in [3.05, 3.63) is 60.4 Å². The number of amides is 1. The zero-order valence-electron chi connectivity index (χ0n) is 15.0. The van der Waals surface area contributed by atoms with E-state index in [4.69, 9.17) is 9.47 Å². The molecule has 6 nitrogen and oxygen atoms in total. The summed E-state index contributed by atoms with van der Waals surface area (Å²) in [6.45, 7) is 3.91. The molecule has 3 aromatic rings. The molecule has 0 aliphatic carbocycles. The minimum atomic E-state index is -0.255. The number of imidazole rings is 1. The second-order valence-electron chi connectivity index (χ2n) is 5.99. The van der Waals surface area contributed by atoms with Crippen molar-refractivity contribution in [3.8, 4) is 11.5 Å². The van der Waals surface area contributed by atoms with Crippen LogP contribution in [0.5, 0.6) is 11.5 Å². The number of fused-ring (bicyclic) bond motifs is 1. The van der Waals surface area contributed by atoms with E-state index in [9.17, 15) is 4.79 Å². The monoisotopic (exact) mass is 351 g/mol. The van der Waals surface area contributed by atoms with E-state index in [-0.39, 0.29) is 12.0 Å². The summed E-state index contributed by atoms with van der Waals surface area (Å²) in [6, 6.07) is 13.1. The summed E-state index contributed by atoms with van der Waals surface area (Å²) >= 11 is 0. The van der Waals surface area contributed by atoms with Gasteiger partial charge in [0.2, 0.25) is 0 Å². The van der Waals surface area contributed by atoms with Crippen molar-refractivity contribution in [2.45, 2.75) is 20.0 Å². The highest BCUT2D eigenvalue weighted by Crippen LogP contribution is 2.29. The van der Waals surface area contributed by atoms with Gasteiger partial charge in [0.25, 0.3) is 5.91 Å². The molecule has 1 N–H and O–H groups in total. The van der Waals surface area contributed by atoms with Gasteiger partial charge in [-0.25, -0.2) is 9.66 Å². The van der Waals surface area contributed by atoms with Crippen molar-refractivity contribution in [2.24, 2.45) is 0 Å². The Morgan fingerprint density at radius 1 is 1.19 bits per heavy atom. The average Bonchev–Trinajstić information content (AvgIpc) is 3.03. The fraction of sp³-hybridized carbons (Fsp3) is 0.200. The molecular weight excluding hydrogens is 330 g/mol. The first kappa shape index (κ1) is 17.5. The third-order valence-electron chi connectivity index (χ3n) is 3.66. The molecule has 0 unspecified atom stereocenters. The standard InChI is InChI=1S/C20H21N3O3/c1-14(2)26-18-10-8-15(12-19(18)25-3)9-11-20(24)22-23-13-21-16-6-4-5-7-17(16)23/h4-14H,1-3H3,(H,22,24)/b11-9+. The van der Waals surface area contributed by atoms with Crippen LogP contribution in [0.15, 0.2) is 54.9 Å². The van der Waals surface area contributed by atoms with Crippen LogP contribution in [0.2, 0.25) is 0 Å². The fourth-order valence-electron chi connectivity index (χ4n) is 2.52. The number of hydrogen-bond acceptors (Lipinski definition) is 4. The normalized spacial score (nSPS) is 11.2. The van der Waals surface area contributed by atoms with Crippen molar-refractivity contribution in [1.29, 1.82) is 0 Å². The first-order chi connectivity index (χ1) is 12.6. The van der Waals surface area contributed by atoms with Crippen LogP contribution in [0.3, 0.4) is 0 Å². The highest BCUT2D eigenvalue weighted by molar-refractivity contribution is 5.98. The highest BCUT2D eigenvalue weighted by atomic mass is 16.5. The molecule has 2 aromatic carbocycles. The lowest BCUT2D eigenvalue weighted by molar-refractivity contribution is -0.112. The quantitative estimate of drug-likeness (QED) is 0.689. The Kier molecular flexibility index (Phi) is 5.22. The number of nitrogens with one attached hydrogen (secondary N) is 1. The van der Waals surface area contributed by atoms with Crippen molar-refractivity contribution in [3.63, 3.8) is 0 Å². The van der Waals surface area contributed by atoms with E-state index >= 15 is 0 Å². The number of carbonyl (C=O) groups excluding carboxylic acids is 1. The molecule has 6 heteroatoms. The highest BCUT2D eigenvalue weighted by Gasteiger charge is 2.07. The summed E-state index contributed by atoms with van der Waals surface area (Å²) in [6.07, 6.45) is 4.82. The van der Waals surface area contributed by atoms with Crippen LogP contribution in [-0.2, 0) is 4.79 Å². The van der Waals surface area contributed by atoms with E-state index in [1.165, 1.54) is 6.08 Å². The molecule has 0 fully saturated rings. The van der Waals surface area contributed by atoms with Crippen molar-refractivity contribution in [2.75, 3.05) is 12.5 Å². The summed E-state index contributed by atoms with van der Waals surface area (Å²) in [7, 11) is 1.59. The van der Waals surface area contributed by atoms with Crippen LogP contribution in [-0.4, -0.2) is 28.8 Å². The van der Waals surface area contributed by atoms with Gasteiger partial charge >= 0.3 is 0 Å². The summed E-state index contributed by atoms with van der Waals surface area (Å²) in [5, 5.41) is 0. The van der Waals surface area contributed by atoms with Crippen molar-refractivity contribution < 1.29 is 14.3 Å². The van der Waals surface area contributed by atoms with Gasteiger partial charge in [0.15, 0.2) is 11.5 Å². The van der Waals surface area contributed by atoms with Gasteiger partial charge in [-0.2, -0.15) is 0 Å². The van der Waals surface area contributed by atoms with E-state index in [0.717, 1.165) is 16.6 Å². The first-order valence-corrected chi connectivity index (χ1v) is 8.32. The number of carbonyl (C=O) groups is 1. The molecule has 3 rings (SSSR count). The predicted molar refractivity (Wildman–Crippen MR) is 102 cm³/mol. The molecule has 0 radical (unpaired) electrons. The van der Waals surface area contributed by atoms with Gasteiger partial charge in [-0.1, -0.05) is 18.2 Å². The number of methoxy groups -OCH3 is 1. The topological polar surface area (TPSA) is 65.4 Å². The van der Waals surface area contributed by atoms with Gasteiger partial charge in [0.05, 0.1) is 24.2 Å². The minimum absolute atomic E-state index is 0.0565. The van der Waals surface area contributed by atoms with Crippen LogP contribution in [0.4, 0.5) is 0 Å². The maximum absolute atomic E-state index is 12.2. The number of nitrogens with zero attached hydrogens (tertiary/aromatic N) is 2. The Bertz CT molecular complexity index is 944. The Labute approximate surface area is 152 Å². The molecule has 1 heterocycles. The van der Waals surface area contributed by atoms with Crippen molar-refractivity contribution >= 4 is 23.0 Å². The van der Waals surface area contributed by atoms with Crippen LogP contribution in [0, 0.1) is 0 Å². The van der Waals surface area contributed by atoms with Gasteiger partial charge in [0.1, 0.15) is 6.33 Å². The average molecular weight is 351 g/mol. The van der Waals surface area contributed by atoms with Gasteiger partial charge in [-0.05, 0) is 49.8 Å². The van der Waals surface area contributed by atoms with E-state index in [1.54, 1.807) is 24.2 Å². The number of benzene rings is 2. The minimum Gasteiger partial charge on any atom is -0.493 e. The van der Waals surface area contributed by atoms with Crippen LogP contribution >= 0.6 is 0 Å². The molecule has 0 bridgehead atoms. The van der Waals surface area contributed by atoms with Gasteiger partial charge in [-0.15, -0.1) is 0 Å². The largest absolute Gasteiger partial charge is 0.493 e. The second-order valence-corrected chi connectivity index (χ2v) is 5.99. The SMILES string of the molecule is COc1cc(/C=C/C(=O)Nn2cnc3ccccc32)ccc1OC(C)C. The lowest BCUT2D eigenvalue weighted by Gasteiger charge is -2.13. The lowest BCUT2D eigenvalue weighted by atomic mass is 10.2. The Morgan fingerprint density at radius 2 is 2.00 bits per heavy atom. The molecule has 26 heavy (non-hydrogen) atoms. The van der Waals surface area contributed by atoms with Crippen LogP contribution < -0.4 is 14.9 Å². The smallest absolute Gasteiger partial charge is 0.262 e. The third-order valence-corrected chi connectivity index (χ3v) is 3.66. The number of ether oxygens (including phenoxy) is 2. The molecule has 0 spiro atoms. The molecule has 0 saturated carbocycles. The van der Waals surface area contributed by atoms with Crippen molar-refractivity contribution in [1.82, 2.24) is 9.66 Å². The zero-order chi connectivity index (χ0) is 18.5.